The summed E-state index contributed by atoms with van der Waals surface area (Å²) in [4.78, 5) is 17.9. The molecule has 146 valence electrons. The van der Waals surface area contributed by atoms with Gasteiger partial charge in [0.05, 0.1) is 23.6 Å². The lowest BCUT2D eigenvalue weighted by Crippen LogP contribution is -2.24. The van der Waals surface area contributed by atoms with E-state index in [1.807, 2.05) is 54.6 Å². The van der Waals surface area contributed by atoms with Crippen LogP contribution >= 0.6 is 0 Å². The van der Waals surface area contributed by atoms with E-state index in [-0.39, 0.29) is 11.4 Å². The molecule has 3 aromatic carbocycles. The fourth-order valence-corrected chi connectivity index (χ4v) is 3.73. The second-order valence-electron chi connectivity index (χ2n) is 7.19. The molecule has 0 fully saturated rings. The highest BCUT2D eigenvalue weighted by Crippen LogP contribution is 2.26. The molecule has 0 spiro atoms. The number of aryl methyl sites for hydroxylation is 2. The Labute approximate surface area is 172 Å². The van der Waals surface area contributed by atoms with E-state index in [1.165, 1.54) is 16.8 Å². The molecule has 0 bridgehead atoms. The number of para-hydroxylation sites is 1. The molecule has 0 amide bonds. The fourth-order valence-electron chi connectivity index (χ4n) is 3.73. The number of pyridine rings is 1. The molecule has 0 radical (unpaired) electrons. The predicted molar refractivity (Wildman–Crippen MR) is 117 cm³/mol. The maximum atomic E-state index is 13.3. The third-order valence-electron chi connectivity index (χ3n) is 5.27. The van der Waals surface area contributed by atoms with Crippen molar-refractivity contribution in [3.63, 3.8) is 0 Å². The highest BCUT2D eigenvalue weighted by atomic mass is 19.1. The Bertz CT molecular complexity index is 1420. The summed E-state index contributed by atoms with van der Waals surface area (Å²) in [5, 5.41) is 6.79. The standard InChI is InChI=1S/C25H18FN3O/c26-20-11-8-17(9-12-20)22-6-3-5-19-16-27-29(25(30)24(19)22)15-14-21-13-10-18-4-1-2-7-23(18)28-21/h1-13,16H,14-15H2. The van der Waals surface area contributed by atoms with Crippen molar-refractivity contribution in [1.82, 2.24) is 14.8 Å². The number of hydrogen-bond donors (Lipinski definition) is 0. The Balaban J connectivity index is 1.51. The number of nitrogens with zero attached hydrogens (tertiary/aromatic N) is 3. The smallest absolute Gasteiger partial charge is 0.267 e. The van der Waals surface area contributed by atoms with E-state index >= 15 is 0 Å². The highest BCUT2D eigenvalue weighted by Gasteiger charge is 2.11. The monoisotopic (exact) mass is 395 g/mol. The van der Waals surface area contributed by atoms with Crippen molar-refractivity contribution < 1.29 is 4.39 Å². The lowest BCUT2D eigenvalue weighted by molar-refractivity contribution is 0.580. The summed E-state index contributed by atoms with van der Waals surface area (Å²) in [5.41, 5.74) is 3.26. The number of halogens is 1. The minimum absolute atomic E-state index is 0.159. The first-order valence-corrected chi connectivity index (χ1v) is 9.78. The first kappa shape index (κ1) is 18.2. The van der Waals surface area contributed by atoms with E-state index in [2.05, 4.69) is 10.1 Å². The zero-order valence-corrected chi connectivity index (χ0v) is 16.1. The fraction of sp³-hybridized carbons (Fsp3) is 0.0800. The normalized spacial score (nSPS) is 11.2. The number of hydrogen-bond acceptors (Lipinski definition) is 3. The number of fused-ring (bicyclic) bond motifs is 2. The molecule has 4 nitrogen and oxygen atoms in total. The molecule has 2 heterocycles. The molecule has 30 heavy (non-hydrogen) atoms. The molecule has 0 saturated carbocycles. The maximum absolute atomic E-state index is 13.3. The van der Waals surface area contributed by atoms with Crippen LogP contribution in [-0.2, 0) is 13.0 Å². The van der Waals surface area contributed by atoms with E-state index < -0.39 is 0 Å². The zero-order valence-electron chi connectivity index (χ0n) is 16.1. The maximum Gasteiger partial charge on any atom is 0.275 e. The van der Waals surface area contributed by atoms with Crippen molar-refractivity contribution in [3.8, 4) is 11.1 Å². The highest BCUT2D eigenvalue weighted by molar-refractivity contribution is 5.95. The minimum atomic E-state index is -0.305. The Hall–Kier alpha value is -3.86. The van der Waals surface area contributed by atoms with Crippen LogP contribution in [0.3, 0.4) is 0 Å². The van der Waals surface area contributed by atoms with E-state index in [1.54, 1.807) is 18.3 Å². The van der Waals surface area contributed by atoms with Crippen molar-refractivity contribution in [2.75, 3.05) is 0 Å². The van der Waals surface area contributed by atoms with Gasteiger partial charge in [-0.3, -0.25) is 9.78 Å². The molecule has 0 N–H and O–H groups in total. The number of benzene rings is 3. The SMILES string of the molecule is O=c1c2c(-c3ccc(F)cc3)cccc2cnn1CCc1ccc2ccccc2n1. The van der Waals surface area contributed by atoms with Gasteiger partial charge in [-0.1, -0.05) is 54.6 Å². The Morgan fingerprint density at radius 1 is 0.833 bits per heavy atom. The van der Waals surface area contributed by atoms with Crippen molar-refractivity contribution in [3.05, 3.63) is 107 Å². The topological polar surface area (TPSA) is 47.8 Å². The van der Waals surface area contributed by atoms with Crippen LogP contribution in [0.5, 0.6) is 0 Å². The van der Waals surface area contributed by atoms with E-state index in [4.69, 9.17) is 0 Å². The third-order valence-corrected chi connectivity index (χ3v) is 5.27. The Morgan fingerprint density at radius 2 is 1.63 bits per heavy atom. The summed E-state index contributed by atoms with van der Waals surface area (Å²) in [6.07, 6.45) is 2.31. The molecule has 2 aromatic heterocycles. The summed E-state index contributed by atoms with van der Waals surface area (Å²) in [5.74, 6) is -0.305. The second-order valence-corrected chi connectivity index (χ2v) is 7.19. The van der Waals surface area contributed by atoms with Gasteiger partial charge in [-0.25, -0.2) is 9.07 Å². The van der Waals surface area contributed by atoms with E-state index in [0.717, 1.165) is 33.1 Å². The van der Waals surface area contributed by atoms with Gasteiger partial charge in [0.2, 0.25) is 0 Å². The third kappa shape index (κ3) is 3.35. The Kier molecular flexibility index (Phi) is 4.56. The van der Waals surface area contributed by atoms with Crippen LogP contribution in [0.25, 0.3) is 32.8 Å². The predicted octanol–water partition coefficient (Wildman–Crippen LogP) is 4.99. The first-order chi connectivity index (χ1) is 14.7. The average Bonchev–Trinajstić information content (AvgIpc) is 2.79. The summed E-state index contributed by atoms with van der Waals surface area (Å²) in [6, 6.07) is 23.8. The summed E-state index contributed by atoms with van der Waals surface area (Å²) in [7, 11) is 0. The average molecular weight is 395 g/mol. The molecule has 5 aromatic rings. The number of rotatable bonds is 4. The van der Waals surface area contributed by atoms with Crippen LogP contribution in [0.4, 0.5) is 4.39 Å². The van der Waals surface area contributed by atoms with Crippen LogP contribution in [-0.4, -0.2) is 14.8 Å². The summed E-state index contributed by atoms with van der Waals surface area (Å²) >= 11 is 0. The molecular weight excluding hydrogens is 377 g/mol. The molecule has 0 unspecified atom stereocenters. The van der Waals surface area contributed by atoms with Gasteiger partial charge in [-0.05, 0) is 35.4 Å². The van der Waals surface area contributed by atoms with Crippen LogP contribution in [0.1, 0.15) is 5.69 Å². The second kappa shape index (κ2) is 7.52. The molecule has 0 aliphatic carbocycles. The molecule has 0 aliphatic rings. The zero-order chi connectivity index (χ0) is 20.5. The Morgan fingerprint density at radius 3 is 2.50 bits per heavy atom. The van der Waals surface area contributed by atoms with Gasteiger partial charge in [0.1, 0.15) is 5.82 Å². The molecule has 0 atom stereocenters. The van der Waals surface area contributed by atoms with E-state index in [0.29, 0.717) is 18.4 Å². The lowest BCUT2D eigenvalue weighted by atomic mass is 10.00. The summed E-state index contributed by atoms with van der Waals surface area (Å²) < 4.78 is 14.8. The van der Waals surface area contributed by atoms with Crippen LogP contribution in [0.2, 0.25) is 0 Å². The van der Waals surface area contributed by atoms with Crippen molar-refractivity contribution in [2.24, 2.45) is 0 Å². The van der Waals surface area contributed by atoms with Crippen LogP contribution in [0.15, 0.2) is 89.9 Å². The minimum Gasteiger partial charge on any atom is -0.267 e. The van der Waals surface area contributed by atoms with Crippen LogP contribution < -0.4 is 5.56 Å². The van der Waals surface area contributed by atoms with Crippen molar-refractivity contribution in [1.29, 1.82) is 0 Å². The van der Waals surface area contributed by atoms with Crippen molar-refractivity contribution >= 4 is 21.7 Å². The van der Waals surface area contributed by atoms with Gasteiger partial charge in [0.15, 0.2) is 0 Å². The van der Waals surface area contributed by atoms with Gasteiger partial charge < -0.3 is 0 Å². The van der Waals surface area contributed by atoms with Gasteiger partial charge in [-0.15, -0.1) is 0 Å². The first-order valence-electron chi connectivity index (χ1n) is 9.78. The van der Waals surface area contributed by atoms with Gasteiger partial charge in [0.25, 0.3) is 5.56 Å². The van der Waals surface area contributed by atoms with Crippen LogP contribution in [0, 0.1) is 5.82 Å². The molecule has 5 rings (SSSR count). The summed E-state index contributed by atoms with van der Waals surface area (Å²) in [6.45, 7) is 0.428. The van der Waals surface area contributed by atoms with Crippen molar-refractivity contribution in [2.45, 2.75) is 13.0 Å². The molecule has 0 aliphatic heterocycles. The quantitative estimate of drug-likeness (QED) is 0.431. The van der Waals surface area contributed by atoms with Gasteiger partial charge >= 0.3 is 0 Å². The van der Waals surface area contributed by atoms with Gasteiger partial charge in [-0.2, -0.15) is 5.10 Å². The lowest BCUT2D eigenvalue weighted by Gasteiger charge is -2.10. The molecule has 0 saturated heterocycles. The largest absolute Gasteiger partial charge is 0.275 e. The molecular formula is C25H18FN3O. The van der Waals surface area contributed by atoms with Gasteiger partial charge in [0, 0.05) is 22.9 Å². The number of aromatic nitrogens is 3. The van der Waals surface area contributed by atoms with E-state index in [9.17, 15) is 9.18 Å². The molecule has 5 heteroatoms.